The van der Waals surface area contributed by atoms with Gasteiger partial charge in [0.1, 0.15) is 51.7 Å². The molecule has 2 bridgehead atoms. The van der Waals surface area contributed by atoms with E-state index < -0.39 is 0 Å². The third-order valence-corrected chi connectivity index (χ3v) is 17.8. The van der Waals surface area contributed by atoms with Crippen molar-refractivity contribution in [2.75, 3.05) is 0 Å². The van der Waals surface area contributed by atoms with E-state index in [9.17, 15) is 35.1 Å². The van der Waals surface area contributed by atoms with Crippen LogP contribution in [-0.2, 0) is 25.8 Å². The zero-order valence-electron chi connectivity index (χ0n) is 46.5. The van der Waals surface area contributed by atoms with Crippen LogP contribution in [0.5, 0.6) is 34.5 Å². The Balaban J connectivity index is 0.000000204. The fourth-order valence-corrected chi connectivity index (χ4v) is 12.7. The molecule has 0 radical (unpaired) electrons. The summed E-state index contributed by atoms with van der Waals surface area (Å²) in [4.78, 5) is 24.6. The maximum atomic E-state index is 12.5. The maximum Gasteiger partial charge on any atom is 0.137 e. The average molecular weight is 981 g/mol. The zero-order valence-corrected chi connectivity index (χ0v) is 46.5. The van der Waals surface area contributed by atoms with Gasteiger partial charge in [-0.25, -0.2) is 0 Å². The smallest absolute Gasteiger partial charge is 0.137 e. The van der Waals surface area contributed by atoms with Gasteiger partial charge in [0.05, 0.1) is 0 Å². The Morgan fingerprint density at radius 3 is 1.39 bits per heavy atom. The van der Waals surface area contributed by atoms with E-state index in [0.717, 1.165) is 66.5 Å². The van der Waals surface area contributed by atoms with Gasteiger partial charge < -0.3 is 30.3 Å². The molecule has 0 unspecified atom stereocenters. The number of unbranched alkanes of at least 4 members (excludes halogenated alkanes) is 9. The maximum absolute atomic E-state index is 12.5. The summed E-state index contributed by atoms with van der Waals surface area (Å²) in [5.74, 6) is 3.07. The second kappa shape index (κ2) is 23.8. The first-order valence-electron chi connectivity index (χ1n) is 27.9. The Hall–Kier alpha value is -4.20. The molecular weight excluding hydrogens is 885 g/mol. The van der Waals surface area contributed by atoms with Gasteiger partial charge in [0.15, 0.2) is 0 Å². The van der Waals surface area contributed by atoms with E-state index in [4.69, 9.17) is 4.74 Å². The molecule has 1 heterocycles. The first kappa shape index (κ1) is 57.7. The first-order chi connectivity index (χ1) is 33.2. The van der Waals surface area contributed by atoms with Crippen LogP contribution in [-0.4, -0.2) is 42.7 Å². The molecule has 0 aromatic heterocycles. The third-order valence-electron chi connectivity index (χ3n) is 17.8. The van der Waals surface area contributed by atoms with Crippen LogP contribution in [0.1, 0.15) is 258 Å². The molecule has 5 aliphatic rings. The largest absolute Gasteiger partial charge is 0.508 e. The molecule has 8 nitrogen and oxygen atoms in total. The number of carbonyl (C=O) groups is 2. The molecule has 71 heavy (non-hydrogen) atoms. The molecule has 1 aliphatic heterocycles. The highest BCUT2D eigenvalue weighted by atomic mass is 16.5. The number of fused-ring (bicyclic) bond motifs is 5. The van der Waals surface area contributed by atoms with Gasteiger partial charge in [0.25, 0.3) is 0 Å². The quantitative estimate of drug-likeness (QED) is 0.0747. The number of aromatic hydroxyl groups is 5. The Labute approximate surface area is 429 Å². The average Bonchev–Trinajstić information content (AvgIpc) is 3.27. The fourth-order valence-electron chi connectivity index (χ4n) is 12.7. The van der Waals surface area contributed by atoms with E-state index in [1.54, 1.807) is 12.1 Å². The number of phenols is 5. The van der Waals surface area contributed by atoms with Crippen molar-refractivity contribution in [1.82, 2.24) is 0 Å². The Morgan fingerprint density at radius 1 is 0.535 bits per heavy atom. The highest BCUT2D eigenvalue weighted by Crippen LogP contribution is 2.64. The van der Waals surface area contributed by atoms with Crippen molar-refractivity contribution in [2.24, 2.45) is 23.2 Å². The minimum Gasteiger partial charge on any atom is -0.508 e. The molecule has 0 spiro atoms. The van der Waals surface area contributed by atoms with Crippen LogP contribution >= 0.6 is 0 Å². The number of rotatable bonds is 19. The number of phenolic OH excluding ortho intramolecular Hbond substituents is 5. The molecule has 4 fully saturated rings. The number of benzene rings is 3. The van der Waals surface area contributed by atoms with Crippen molar-refractivity contribution in [3.8, 4) is 34.5 Å². The van der Waals surface area contributed by atoms with Gasteiger partial charge in [-0.15, -0.1) is 0 Å². The highest BCUT2D eigenvalue weighted by Gasteiger charge is 2.59. The lowest BCUT2D eigenvalue weighted by atomic mass is 9.44. The molecule has 8 heteroatoms. The summed E-state index contributed by atoms with van der Waals surface area (Å²) in [5, 5.41) is 51.6. The summed E-state index contributed by atoms with van der Waals surface area (Å²) in [6.07, 6.45) is 21.3. The number of Topliss-reactive ketones (excluding diaryl/α,β-unsaturated/α-hetero) is 2. The van der Waals surface area contributed by atoms with Crippen LogP contribution < -0.4 is 4.74 Å². The summed E-state index contributed by atoms with van der Waals surface area (Å²) >= 11 is 0. The molecule has 4 saturated carbocycles. The number of hydrogen-bond donors (Lipinski definition) is 5. The molecule has 5 N–H and O–H groups in total. The normalized spacial score (nSPS) is 22.1. The second-order valence-electron chi connectivity index (χ2n) is 25.4. The number of ketones is 2. The highest BCUT2D eigenvalue weighted by molar-refractivity contribution is 5.86. The van der Waals surface area contributed by atoms with E-state index in [-0.39, 0.29) is 79.7 Å². The number of ether oxygens (including phenoxy) is 1. The van der Waals surface area contributed by atoms with E-state index in [0.29, 0.717) is 42.3 Å². The van der Waals surface area contributed by atoms with Gasteiger partial charge in [0, 0.05) is 60.1 Å². The van der Waals surface area contributed by atoms with Crippen LogP contribution in [0.2, 0.25) is 0 Å². The van der Waals surface area contributed by atoms with E-state index >= 15 is 0 Å². The van der Waals surface area contributed by atoms with E-state index in [2.05, 4.69) is 96.1 Å². The molecule has 3 aromatic carbocycles. The van der Waals surface area contributed by atoms with Gasteiger partial charge in [-0.05, 0) is 127 Å². The molecular formula is C63H96O8. The standard InChI is InChI=1S/2C24H36O3.C15H24O2/c1-6-7-8-9-12-23(2,3)16-13-20(26)22-18-15-17(25)10-11-19(18)24(4,5)27-21(22)14-16;1-6-7-8-9-10-23(2,3)15-11-20(26)22(21(27)12-15)16-13-19(25)18-14-17(16)24(18,4)5;1-4-5-6-7-8-15(2,3)12-9-13(16)11-14(17)10-12/h13-14,18-19,26H,6-12,15H2,1-5H3;11-12,16-18,26-27H,6-10,13-14H2,1-5H3;9-11,16-17H,4-8H2,1-3H3/t18-,19-;16-,17-,18+;/m11./s1. The van der Waals surface area contributed by atoms with Crippen molar-refractivity contribution in [3.63, 3.8) is 0 Å². The third kappa shape index (κ3) is 13.9. The Kier molecular flexibility index (Phi) is 19.3. The summed E-state index contributed by atoms with van der Waals surface area (Å²) in [6.45, 7) is 28.4. The van der Waals surface area contributed by atoms with E-state index in [1.807, 2.05) is 18.2 Å². The summed E-state index contributed by atoms with van der Waals surface area (Å²) in [5.41, 5.74) is 4.12. The van der Waals surface area contributed by atoms with Gasteiger partial charge in [-0.2, -0.15) is 0 Å². The Morgan fingerprint density at radius 2 is 0.958 bits per heavy atom. The van der Waals surface area contributed by atoms with E-state index in [1.165, 1.54) is 76.7 Å². The lowest BCUT2D eigenvalue weighted by molar-refractivity contribution is -0.151. The predicted molar refractivity (Wildman–Crippen MR) is 291 cm³/mol. The predicted octanol–water partition coefficient (Wildman–Crippen LogP) is 16.7. The summed E-state index contributed by atoms with van der Waals surface area (Å²) in [7, 11) is 0. The molecule has 3 aromatic rings. The van der Waals surface area contributed by atoms with Gasteiger partial charge in [0.2, 0.25) is 0 Å². The minimum atomic E-state index is -0.311. The first-order valence-corrected chi connectivity index (χ1v) is 27.9. The van der Waals surface area contributed by atoms with Crippen LogP contribution in [0.3, 0.4) is 0 Å². The van der Waals surface area contributed by atoms with Crippen LogP contribution in [0.25, 0.3) is 0 Å². The monoisotopic (exact) mass is 981 g/mol. The molecule has 0 saturated heterocycles. The molecule has 5 atom stereocenters. The van der Waals surface area contributed by atoms with Gasteiger partial charge >= 0.3 is 0 Å². The van der Waals surface area contributed by atoms with Crippen molar-refractivity contribution in [2.45, 2.75) is 252 Å². The molecule has 4 aliphatic carbocycles. The van der Waals surface area contributed by atoms with Crippen molar-refractivity contribution in [1.29, 1.82) is 0 Å². The van der Waals surface area contributed by atoms with Crippen LogP contribution in [0.15, 0.2) is 42.5 Å². The topological polar surface area (TPSA) is 145 Å². The number of hydrogen-bond acceptors (Lipinski definition) is 8. The summed E-state index contributed by atoms with van der Waals surface area (Å²) < 4.78 is 6.41. The minimum absolute atomic E-state index is 0.00393. The molecule has 8 rings (SSSR count). The molecule has 396 valence electrons. The van der Waals surface area contributed by atoms with Crippen LogP contribution in [0, 0.1) is 23.2 Å². The summed E-state index contributed by atoms with van der Waals surface area (Å²) in [6, 6.07) is 12.6. The van der Waals surface area contributed by atoms with Gasteiger partial charge in [-0.3, -0.25) is 9.59 Å². The van der Waals surface area contributed by atoms with Crippen molar-refractivity contribution >= 4 is 11.6 Å². The second-order valence-corrected chi connectivity index (χ2v) is 25.4. The number of carbonyl (C=O) groups excluding carboxylic acids is 2. The fraction of sp³-hybridized carbons (Fsp3) is 0.683. The van der Waals surface area contributed by atoms with Crippen LogP contribution in [0.4, 0.5) is 0 Å². The lowest BCUT2D eigenvalue weighted by Gasteiger charge is -2.59. The van der Waals surface area contributed by atoms with Gasteiger partial charge in [-0.1, -0.05) is 153 Å². The van der Waals surface area contributed by atoms with Crippen molar-refractivity contribution < 1.29 is 39.9 Å². The Bertz CT molecular complexity index is 2220. The lowest BCUT2D eigenvalue weighted by Crippen LogP contribution is -2.56. The van der Waals surface area contributed by atoms with Crippen molar-refractivity contribution in [3.05, 3.63) is 70.3 Å². The zero-order chi connectivity index (χ0) is 52.7. The SMILES string of the molecule is CCCCCCC(C)(C)c1cc(O)c([C@@H]2CC(=O)[C@@H]3C[C@H]2C3(C)C)c(O)c1.CCCCCCC(C)(C)c1cc(O)c2c(c1)OC(C)(C)[C@@H]1CCC(=O)C[C@@H]21.CCCCCCC(C)(C)c1cc(O)cc(O)c1. The molecule has 0 amide bonds.